The number of fused-ring (bicyclic) bond motifs is 1. The van der Waals surface area contributed by atoms with E-state index in [1.165, 1.54) is 0 Å². The summed E-state index contributed by atoms with van der Waals surface area (Å²) in [7, 11) is 0. The van der Waals surface area contributed by atoms with Gasteiger partial charge in [-0.05, 0) is 43.3 Å². The third-order valence-corrected chi connectivity index (χ3v) is 5.98. The number of anilines is 2. The topological polar surface area (TPSA) is 58.1 Å². The molecule has 7 heteroatoms. The number of amides is 1. The van der Waals surface area contributed by atoms with Crippen LogP contribution in [0.2, 0.25) is 0 Å². The second-order valence-electron chi connectivity index (χ2n) is 6.41. The highest BCUT2D eigenvalue weighted by molar-refractivity contribution is 9.10. The number of rotatable bonds is 3. The highest BCUT2D eigenvalue weighted by Gasteiger charge is 2.23. The van der Waals surface area contributed by atoms with Gasteiger partial charge in [-0.3, -0.25) is 4.79 Å². The van der Waals surface area contributed by atoms with Crippen molar-refractivity contribution in [2.45, 2.75) is 6.92 Å². The van der Waals surface area contributed by atoms with Crippen LogP contribution in [0, 0.1) is 6.92 Å². The normalized spacial score (nSPS) is 14.4. The quantitative estimate of drug-likeness (QED) is 0.640. The predicted molar refractivity (Wildman–Crippen MR) is 115 cm³/mol. The molecule has 27 heavy (non-hydrogen) atoms. The smallest absolute Gasteiger partial charge is 0.257 e. The molecule has 0 radical (unpaired) electrons. The lowest BCUT2D eigenvalue weighted by Crippen LogP contribution is -2.38. The van der Waals surface area contributed by atoms with E-state index in [-0.39, 0.29) is 5.91 Å². The first-order chi connectivity index (χ1) is 13.1. The third kappa shape index (κ3) is 3.94. The van der Waals surface area contributed by atoms with Crippen molar-refractivity contribution in [2.75, 3.05) is 29.9 Å². The van der Waals surface area contributed by atoms with E-state index in [0.29, 0.717) is 11.2 Å². The van der Waals surface area contributed by atoms with E-state index in [0.717, 1.165) is 51.5 Å². The van der Waals surface area contributed by atoms with Crippen LogP contribution in [0.5, 0.6) is 0 Å². The van der Waals surface area contributed by atoms with Crippen molar-refractivity contribution in [3.8, 4) is 0 Å². The van der Waals surface area contributed by atoms with E-state index < -0.39 is 0 Å². The molecule has 3 heterocycles. The van der Waals surface area contributed by atoms with E-state index in [2.05, 4.69) is 31.2 Å². The molecule has 0 bridgehead atoms. The maximum atomic E-state index is 13.2. The van der Waals surface area contributed by atoms with Gasteiger partial charge in [0.1, 0.15) is 0 Å². The van der Waals surface area contributed by atoms with Crippen LogP contribution in [-0.4, -0.2) is 45.4 Å². The summed E-state index contributed by atoms with van der Waals surface area (Å²) in [5.41, 5.74) is 3.80. The summed E-state index contributed by atoms with van der Waals surface area (Å²) >= 11 is 5.34. The second-order valence-corrected chi connectivity index (χ2v) is 8.55. The number of benzene rings is 1. The Morgan fingerprint density at radius 2 is 1.89 bits per heavy atom. The van der Waals surface area contributed by atoms with Crippen molar-refractivity contribution in [2.24, 2.45) is 0 Å². The zero-order valence-electron chi connectivity index (χ0n) is 14.9. The molecule has 0 spiro atoms. The number of aromatic nitrogens is 2. The first-order valence-corrected chi connectivity index (χ1v) is 10.7. The van der Waals surface area contributed by atoms with Crippen molar-refractivity contribution in [1.29, 1.82) is 0 Å². The molecular weight excluding hydrogens is 424 g/mol. The van der Waals surface area contributed by atoms with Crippen molar-refractivity contribution in [3.05, 3.63) is 58.3 Å². The van der Waals surface area contributed by atoms with Gasteiger partial charge in [-0.15, -0.1) is 0 Å². The van der Waals surface area contributed by atoms with Gasteiger partial charge < -0.3 is 10.2 Å². The number of carbonyl (C=O) groups is 1. The number of hydrogen-bond acceptors (Lipinski definition) is 5. The van der Waals surface area contributed by atoms with E-state index in [1.807, 2.05) is 60.0 Å². The Kier molecular flexibility index (Phi) is 5.31. The van der Waals surface area contributed by atoms with Crippen LogP contribution >= 0.6 is 27.7 Å². The predicted octanol–water partition coefficient (Wildman–Crippen LogP) is 4.63. The summed E-state index contributed by atoms with van der Waals surface area (Å²) in [5.74, 6) is 1.97. The zero-order chi connectivity index (χ0) is 18.8. The monoisotopic (exact) mass is 442 g/mol. The lowest BCUT2D eigenvalue weighted by molar-refractivity contribution is 0.0773. The van der Waals surface area contributed by atoms with E-state index >= 15 is 0 Å². The average Bonchev–Trinajstić information content (AvgIpc) is 2.70. The highest BCUT2D eigenvalue weighted by Crippen LogP contribution is 2.30. The molecule has 1 aliphatic rings. The molecule has 1 amide bonds. The van der Waals surface area contributed by atoms with E-state index in [9.17, 15) is 4.79 Å². The Morgan fingerprint density at radius 3 is 2.63 bits per heavy atom. The van der Waals surface area contributed by atoms with Crippen LogP contribution in [0.25, 0.3) is 11.0 Å². The fraction of sp³-hybridized carbons (Fsp3) is 0.250. The molecule has 2 aromatic heterocycles. The number of nitrogens with zero attached hydrogens (tertiary/aromatic N) is 3. The molecule has 0 saturated carbocycles. The van der Waals surface area contributed by atoms with Crippen LogP contribution in [-0.2, 0) is 0 Å². The lowest BCUT2D eigenvalue weighted by atomic mass is 10.1. The van der Waals surface area contributed by atoms with Gasteiger partial charge in [0.15, 0.2) is 5.65 Å². The third-order valence-electron chi connectivity index (χ3n) is 4.51. The largest absolute Gasteiger partial charge is 0.354 e. The summed E-state index contributed by atoms with van der Waals surface area (Å²) in [5, 5.41) is 4.28. The van der Waals surface area contributed by atoms with Gasteiger partial charge in [-0.25, -0.2) is 9.97 Å². The molecule has 4 rings (SSSR count). The van der Waals surface area contributed by atoms with E-state index in [4.69, 9.17) is 0 Å². The van der Waals surface area contributed by atoms with Gasteiger partial charge >= 0.3 is 0 Å². The lowest BCUT2D eigenvalue weighted by Gasteiger charge is -2.27. The summed E-state index contributed by atoms with van der Waals surface area (Å²) in [6, 6.07) is 11.8. The van der Waals surface area contributed by atoms with Crippen molar-refractivity contribution in [3.63, 3.8) is 0 Å². The van der Waals surface area contributed by atoms with Crippen molar-refractivity contribution < 1.29 is 4.79 Å². The Morgan fingerprint density at radius 1 is 1.15 bits per heavy atom. The fourth-order valence-corrected chi connectivity index (χ4v) is 4.25. The van der Waals surface area contributed by atoms with Crippen molar-refractivity contribution >= 4 is 56.0 Å². The van der Waals surface area contributed by atoms with Crippen LogP contribution in [0.4, 0.5) is 11.4 Å². The molecule has 1 aromatic carbocycles. The fourth-order valence-electron chi connectivity index (χ4n) is 3.08. The summed E-state index contributed by atoms with van der Waals surface area (Å²) < 4.78 is 1.01. The minimum atomic E-state index is 0.0184. The number of pyridine rings is 2. The first-order valence-electron chi connectivity index (χ1n) is 8.78. The van der Waals surface area contributed by atoms with Gasteiger partial charge in [0.05, 0.1) is 11.3 Å². The summed E-state index contributed by atoms with van der Waals surface area (Å²) in [6.45, 7) is 3.48. The Balaban J connectivity index is 1.80. The molecule has 0 unspecified atom stereocenters. The van der Waals surface area contributed by atoms with Gasteiger partial charge in [-0.2, -0.15) is 11.8 Å². The SMILES string of the molecule is Cc1ccc2c(Nc3ccc(Br)cc3)c(C(=O)N3CCSCC3)cnc2n1. The minimum Gasteiger partial charge on any atom is -0.354 e. The first kappa shape index (κ1) is 18.3. The number of aryl methyl sites for hydroxylation is 1. The standard InChI is InChI=1S/C20H19BrN4OS/c1-13-2-7-16-18(24-15-5-3-14(21)4-6-15)17(12-22-19(16)23-13)20(26)25-8-10-27-11-9-25/h2-7,12H,8-11H2,1H3,(H,22,23,24). The number of nitrogens with one attached hydrogen (secondary N) is 1. The van der Waals surface area contributed by atoms with Crippen LogP contribution < -0.4 is 5.32 Å². The molecular formula is C20H19BrN4OS. The molecule has 138 valence electrons. The molecule has 1 saturated heterocycles. The average molecular weight is 443 g/mol. The zero-order valence-corrected chi connectivity index (χ0v) is 17.3. The number of hydrogen-bond donors (Lipinski definition) is 1. The van der Waals surface area contributed by atoms with Gasteiger partial charge in [-0.1, -0.05) is 15.9 Å². The number of halogens is 1. The maximum Gasteiger partial charge on any atom is 0.257 e. The van der Waals surface area contributed by atoms with Gasteiger partial charge in [0, 0.05) is 52.0 Å². The van der Waals surface area contributed by atoms with Gasteiger partial charge in [0.2, 0.25) is 0 Å². The number of carbonyl (C=O) groups excluding carboxylic acids is 1. The number of thioether (sulfide) groups is 1. The minimum absolute atomic E-state index is 0.0184. The highest BCUT2D eigenvalue weighted by atomic mass is 79.9. The second kappa shape index (κ2) is 7.86. The van der Waals surface area contributed by atoms with Crippen molar-refractivity contribution in [1.82, 2.24) is 14.9 Å². The summed E-state index contributed by atoms with van der Waals surface area (Å²) in [4.78, 5) is 24.1. The molecule has 1 fully saturated rings. The summed E-state index contributed by atoms with van der Waals surface area (Å²) in [6.07, 6.45) is 1.65. The Hall–Kier alpha value is -2.12. The molecule has 0 aliphatic carbocycles. The Bertz CT molecular complexity index is 987. The molecule has 1 N–H and O–H groups in total. The molecule has 1 aliphatic heterocycles. The molecule has 5 nitrogen and oxygen atoms in total. The Labute approximate surface area is 170 Å². The maximum absolute atomic E-state index is 13.2. The van der Waals surface area contributed by atoms with Crippen LogP contribution in [0.1, 0.15) is 16.1 Å². The molecule has 0 atom stereocenters. The van der Waals surface area contributed by atoms with Crippen LogP contribution in [0.15, 0.2) is 47.1 Å². The van der Waals surface area contributed by atoms with Crippen LogP contribution in [0.3, 0.4) is 0 Å². The van der Waals surface area contributed by atoms with E-state index in [1.54, 1.807) is 6.20 Å². The molecule has 3 aromatic rings. The van der Waals surface area contributed by atoms with Gasteiger partial charge in [0.25, 0.3) is 5.91 Å².